The molecule has 1 aliphatic rings. The van der Waals surface area contributed by atoms with Gasteiger partial charge in [0.25, 0.3) is 5.91 Å². The van der Waals surface area contributed by atoms with Crippen molar-refractivity contribution in [2.75, 3.05) is 19.8 Å². The molecule has 0 saturated carbocycles. The van der Waals surface area contributed by atoms with Gasteiger partial charge in [-0.25, -0.2) is 4.98 Å². The molecular weight excluding hydrogens is 312 g/mol. The minimum Gasteiger partial charge on any atom is -0.377 e. The van der Waals surface area contributed by atoms with Gasteiger partial charge in [0.1, 0.15) is 4.88 Å². The standard InChI is InChI=1S/C16H22N4O2S/c1-5-14-17-8-13(23-14)16(21)20-6-7-22-9-12(20)15-10(2)18-19(4)11(15)3/h8,12H,5-7,9H2,1-4H3. The van der Waals surface area contributed by atoms with Crippen molar-refractivity contribution in [3.05, 3.63) is 33.0 Å². The minimum atomic E-state index is -0.0860. The Labute approximate surface area is 140 Å². The van der Waals surface area contributed by atoms with Gasteiger partial charge in [-0.05, 0) is 20.3 Å². The van der Waals surface area contributed by atoms with E-state index < -0.39 is 0 Å². The highest BCUT2D eigenvalue weighted by Gasteiger charge is 2.33. The number of aromatic nitrogens is 3. The van der Waals surface area contributed by atoms with E-state index in [1.807, 2.05) is 37.4 Å². The summed E-state index contributed by atoms with van der Waals surface area (Å²) >= 11 is 1.48. The molecule has 7 heteroatoms. The van der Waals surface area contributed by atoms with Gasteiger partial charge in [-0.3, -0.25) is 9.48 Å². The SMILES string of the molecule is CCc1ncc(C(=O)N2CCOCC2c2c(C)nn(C)c2C)s1. The molecule has 124 valence electrons. The van der Waals surface area contributed by atoms with E-state index in [1.54, 1.807) is 6.20 Å². The van der Waals surface area contributed by atoms with Crippen molar-refractivity contribution in [2.24, 2.45) is 7.05 Å². The Morgan fingerprint density at radius 2 is 2.26 bits per heavy atom. The molecule has 23 heavy (non-hydrogen) atoms. The summed E-state index contributed by atoms with van der Waals surface area (Å²) in [6.07, 6.45) is 2.55. The number of carbonyl (C=O) groups excluding carboxylic acids is 1. The van der Waals surface area contributed by atoms with Gasteiger partial charge in [-0.2, -0.15) is 5.10 Å². The molecule has 3 heterocycles. The van der Waals surface area contributed by atoms with Crippen molar-refractivity contribution in [1.29, 1.82) is 0 Å². The molecule has 0 aromatic carbocycles. The van der Waals surface area contributed by atoms with Crippen molar-refractivity contribution in [3.8, 4) is 0 Å². The molecular formula is C16H22N4O2S. The predicted molar refractivity (Wildman–Crippen MR) is 88.8 cm³/mol. The molecule has 2 aromatic rings. The van der Waals surface area contributed by atoms with E-state index in [1.165, 1.54) is 11.3 Å². The van der Waals surface area contributed by atoms with Crippen LogP contribution in [0.15, 0.2) is 6.20 Å². The van der Waals surface area contributed by atoms with Gasteiger partial charge in [0.15, 0.2) is 0 Å². The first-order chi connectivity index (χ1) is 11.0. The summed E-state index contributed by atoms with van der Waals surface area (Å²) in [5.74, 6) is 0.0400. The number of morpholine rings is 1. The smallest absolute Gasteiger partial charge is 0.266 e. The monoisotopic (exact) mass is 334 g/mol. The van der Waals surface area contributed by atoms with Crippen LogP contribution >= 0.6 is 11.3 Å². The van der Waals surface area contributed by atoms with Crippen LogP contribution in [0, 0.1) is 13.8 Å². The van der Waals surface area contributed by atoms with Crippen LogP contribution in [0.2, 0.25) is 0 Å². The Hall–Kier alpha value is -1.73. The van der Waals surface area contributed by atoms with Gasteiger partial charge < -0.3 is 9.64 Å². The Morgan fingerprint density at radius 1 is 1.48 bits per heavy atom. The minimum absolute atomic E-state index is 0.0400. The third-order valence-electron chi connectivity index (χ3n) is 4.35. The second kappa shape index (κ2) is 6.41. The summed E-state index contributed by atoms with van der Waals surface area (Å²) in [5.41, 5.74) is 3.13. The maximum atomic E-state index is 13.0. The zero-order valence-corrected chi connectivity index (χ0v) is 14.8. The maximum absolute atomic E-state index is 13.0. The lowest BCUT2D eigenvalue weighted by Crippen LogP contribution is -2.43. The zero-order chi connectivity index (χ0) is 16.6. The lowest BCUT2D eigenvalue weighted by molar-refractivity contribution is -0.00279. The third-order valence-corrected chi connectivity index (χ3v) is 5.48. The second-order valence-corrected chi connectivity index (χ2v) is 6.88. The number of hydrogen-bond donors (Lipinski definition) is 0. The van der Waals surface area contributed by atoms with Gasteiger partial charge in [-0.1, -0.05) is 6.92 Å². The lowest BCUT2D eigenvalue weighted by Gasteiger charge is -2.35. The Morgan fingerprint density at radius 3 is 2.87 bits per heavy atom. The number of nitrogens with zero attached hydrogens (tertiary/aromatic N) is 4. The highest BCUT2D eigenvalue weighted by molar-refractivity contribution is 7.13. The van der Waals surface area contributed by atoms with Gasteiger partial charge in [0.05, 0.1) is 36.2 Å². The Kier molecular flexibility index (Phi) is 4.50. The van der Waals surface area contributed by atoms with E-state index in [9.17, 15) is 4.79 Å². The number of carbonyl (C=O) groups is 1. The first-order valence-corrected chi connectivity index (χ1v) is 8.68. The summed E-state index contributed by atoms with van der Waals surface area (Å²) in [5, 5.41) is 5.48. The fraction of sp³-hybridized carbons (Fsp3) is 0.562. The van der Waals surface area contributed by atoms with Gasteiger partial charge in [0, 0.05) is 24.8 Å². The van der Waals surface area contributed by atoms with E-state index >= 15 is 0 Å². The van der Waals surface area contributed by atoms with Gasteiger partial charge in [0.2, 0.25) is 0 Å². The maximum Gasteiger partial charge on any atom is 0.266 e. The van der Waals surface area contributed by atoms with Crippen LogP contribution in [0.4, 0.5) is 0 Å². The number of aryl methyl sites for hydroxylation is 3. The van der Waals surface area contributed by atoms with Crippen molar-refractivity contribution in [2.45, 2.75) is 33.2 Å². The molecule has 0 N–H and O–H groups in total. The highest BCUT2D eigenvalue weighted by Crippen LogP contribution is 2.31. The summed E-state index contributed by atoms with van der Waals surface area (Å²) in [7, 11) is 1.93. The molecule has 1 fully saturated rings. The summed E-state index contributed by atoms with van der Waals surface area (Å²) in [6.45, 7) is 7.75. The summed E-state index contributed by atoms with van der Waals surface area (Å²) in [6, 6.07) is -0.0860. The van der Waals surface area contributed by atoms with Crippen LogP contribution in [0.5, 0.6) is 0 Å². The first-order valence-electron chi connectivity index (χ1n) is 7.86. The molecule has 2 aromatic heterocycles. The second-order valence-electron chi connectivity index (χ2n) is 5.77. The molecule has 1 saturated heterocycles. The lowest BCUT2D eigenvalue weighted by atomic mass is 10.0. The van der Waals surface area contributed by atoms with Crippen molar-refractivity contribution in [3.63, 3.8) is 0 Å². The summed E-state index contributed by atoms with van der Waals surface area (Å²) in [4.78, 5) is 19.9. The molecule has 1 atom stereocenters. The molecule has 0 bridgehead atoms. The summed E-state index contributed by atoms with van der Waals surface area (Å²) < 4.78 is 7.52. The molecule has 0 spiro atoms. The van der Waals surface area contributed by atoms with Crippen LogP contribution in [0.1, 0.15) is 44.6 Å². The molecule has 6 nitrogen and oxygen atoms in total. The fourth-order valence-corrected chi connectivity index (χ4v) is 3.89. The normalized spacial score (nSPS) is 18.4. The van der Waals surface area contributed by atoms with Crippen LogP contribution in [-0.4, -0.2) is 45.3 Å². The third kappa shape index (κ3) is 2.90. The first kappa shape index (κ1) is 16.1. The Bertz CT molecular complexity index is 722. The molecule has 3 rings (SSSR count). The Balaban J connectivity index is 1.94. The van der Waals surface area contributed by atoms with Crippen molar-refractivity contribution in [1.82, 2.24) is 19.7 Å². The van der Waals surface area contributed by atoms with Gasteiger partial charge in [-0.15, -0.1) is 11.3 Å². The molecule has 1 amide bonds. The fourth-order valence-electron chi connectivity index (χ4n) is 3.07. The van der Waals surface area contributed by atoms with E-state index in [0.717, 1.165) is 28.4 Å². The van der Waals surface area contributed by atoms with Crippen molar-refractivity contribution >= 4 is 17.2 Å². The van der Waals surface area contributed by atoms with Crippen LogP contribution in [0.3, 0.4) is 0 Å². The van der Waals surface area contributed by atoms with E-state index in [0.29, 0.717) is 24.6 Å². The highest BCUT2D eigenvalue weighted by atomic mass is 32.1. The number of thiazole rings is 1. The molecule has 0 radical (unpaired) electrons. The number of rotatable bonds is 3. The number of ether oxygens (including phenoxy) is 1. The van der Waals surface area contributed by atoms with Crippen LogP contribution in [0.25, 0.3) is 0 Å². The predicted octanol–water partition coefficient (Wildman–Crippen LogP) is 2.27. The largest absolute Gasteiger partial charge is 0.377 e. The average molecular weight is 334 g/mol. The molecule has 0 aliphatic carbocycles. The quantitative estimate of drug-likeness (QED) is 0.864. The average Bonchev–Trinajstić information content (AvgIpc) is 3.12. The van der Waals surface area contributed by atoms with E-state index in [4.69, 9.17) is 4.74 Å². The zero-order valence-electron chi connectivity index (χ0n) is 14.0. The van der Waals surface area contributed by atoms with E-state index in [2.05, 4.69) is 10.1 Å². The van der Waals surface area contributed by atoms with E-state index in [-0.39, 0.29) is 11.9 Å². The van der Waals surface area contributed by atoms with Crippen LogP contribution in [-0.2, 0) is 18.2 Å². The van der Waals surface area contributed by atoms with Gasteiger partial charge >= 0.3 is 0 Å². The van der Waals surface area contributed by atoms with Crippen LogP contribution < -0.4 is 0 Å². The molecule has 1 aliphatic heterocycles. The van der Waals surface area contributed by atoms with Crippen molar-refractivity contribution < 1.29 is 9.53 Å². The number of amides is 1. The molecule has 1 unspecified atom stereocenters. The number of hydrogen-bond acceptors (Lipinski definition) is 5. The topological polar surface area (TPSA) is 60.3 Å².